The van der Waals surface area contributed by atoms with Gasteiger partial charge >= 0.3 is 0 Å². The predicted octanol–water partition coefficient (Wildman–Crippen LogP) is 3.65. The van der Waals surface area contributed by atoms with E-state index in [-0.39, 0.29) is 6.04 Å². The van der Waals surface area contributed by atoms with Gasteiger partial charge < -0.3 is 10.6 Å². The van der Waals surface area contributed by atoms with Gasteiger partial charge in [-0.2, -0.15) is 0 Å². The second-order valence-electron chi connectivity index (χ2n) is 4.93. The summed E-state index contributed by atoms with van der Waals surface area (Å²) in [6, 6.07) is 16.2. The molecule has 2 rings (SSSR count). The molecule has 2 nitrogen and oxygen atoms in total. The average Bonchev–Trinajstić information content (AvgIpc) is 2.39. The molecule has 0 amide bonds. The number of hydrogen-bond donors (Lipinski definition) is 1. The molecule has 1 atom stereocenters. The lowest BCUT2D eigenvalue weighted by Crippen LogP contribution is -2.15. The average molecular weight is 275 g/mol. The van der Waals surface area contributed by atoms with E-state index in [0.29, 0.717) is 0 Å². The lowest BCUT2D eigenvalue weighted by molar-refractivity contribution is 0.722. The lowest BCUT2D eigenvalue weighted by Gasteiger charge is -2.17. The van der Waals surface area contributed by atoms with Crippen molar-refractivity contribution in [1.82, 2.24) is 0 Å². The molecule has 2 aromatic rings. The van der Waals surface area contributed by atoms with E-state index in [9.17, 15) is 0 Å². The Kier molecular flexibility index (Phi) is 4.46. The van der Waals surface area contributed by atoms with Crippen molar-refractivity contribution in [3.63, 3.8) is 0 Å². The van der Waals surface area contributed by atoms with E-state index < -0.39 is 0 Å². The maximum atomic E-state index is 6.28. The second-order valence-corrected chi connectivity index (χ2v) is 5.37. The molecule has 0 fully saturated rings. The number of halogens is 1. The van der Waals surface area contributed by atoms with Crippen LogP contribution >= 0.6 is 11.6 Å². The minimum Gasteiger partial charge on any atom is -0.378 e. The molecule has 3 heteroatoms. The van der Waals surface area contributed by atoms with Gasteiger partial charge in [0.15, 0.2) is 0 Å². The largest absolute Gasteiger partial charge is 0.378 e. The van der Waals surface area contributed by atoms with E-state index in [1.54, 1.807) is 0 Å². The van der Waals surface area contributed by atoms with E-state index in [1.165, 1.54) is 5.69 Å². The number of rotatable bonds is 4. The SMILES string of the molecule is CN(C)c1cccc(C(N)Cc2cccc(Cl)c2)c1. The molecule has 0 spiro atoms. The van der Waals surface area contributed by atoms with Crippen LogP contribution in [0.4, 0.5) is 5.69 Å². The van der Waals surface area contributed by atoms with Gasteiger partial charge in [-0.05, 0) is 41.8 Å². The summed E-state index contributed by atoms with van der Waals surface area (Å²) in [6.45, 7) is 0. The van der Waals surface area contributed by atoms with Gasteiger partial charge in [0.1, 0.15) is 0 Å². The van der Waals surface area contributed by atoms with E-state index in [0.717, 1.165) is 22.6 Å². The van der Waals surface area contributed by atoms with Gasteiger partial charge in [0.05, 0.1) is 0 Å². The van der Waals surface area contributed by atoms with Gasteiger partial charge in [0.2, 0.25) is 0 Å². The Bertz CT molecular complexity index is 552. The van der Waals surface area contributed by atoms with E-state index in [2.05, 4.69) is 29.2 Å². The molecule has 0 aliphatic heterocycles. The van der Waals surface area contributed by atoms with E-state index in [4.69, 9.17) is 17.3 Å². The minimum atomic E-state index is -0.0154. The first-order valence-corrected chi connectivity index (χ1v) is 6.71. The molecule has 0 saturated heterocycles. The van der Waals surface area contributed by atoms with Gasteiger partial charge in [0.25, 0.3) is 0 Å². The smallest absolute Gasteiger partial charge is 0.0408 e. The quantitative estimate of drug-likeness (QED) is 0.922. The summed E-state index contributed by atoms with van der Waals surface area (Å²) >= 11 is 5.99. The van der Waals surface area contributed by atoms with Crippen molar-refractivity contribution in [1.29, 1.82) is 0 Å². The molecule has 0 aliphatic carbocycles. The van der Waals surface area contributed by atoms with Crippen molar-refractivity contribution < 1.29 is 0 Å². The summed E-state index contributed by atoms with van der Waals surface area (Å²) < 4.78 is 0. The first kappa shape index (κ1) is 13.9. The highest BCUT2D eigenvalue weighted by atomic mass is 35.5. The monoisotopic (exact) mass is 274 g/mol. The Morgan fingerprint density at radius 2 is 1.84 bits per heavy atom. The van der Waals surface area contributed by atoms with Gasteiger partial charge in [-0.3, -0.25) is 0 Å². The van der Waals surface area contributed by atoms with Crippen LogP contribution in [0, 0.1) is 0 Å². The zero-order valence-corrected chi connectivity index (χ0v) is 12.1. The zero-order valence-electron chi connectivity index (χ0n) is 11.3. The van der Waals surface area contributed by atoms with Crippen molar-refractivity contribution in [2.24, 2.45) is 5.73 Å². The maximum absolute atomic E-state index is 6.28. The second kappa shape index (κ2) is 6.09. The van der Waals surface area contributed by atoms with Gasteiger partial charge in [-0.1, -0.05) is 35.9 Å². The van der Waals surface area contributed by atoms with Crippen LogP contribution in [0.15, 0.2) is 48.5 Å². The third-order valence-electron chi connectivity index (χ3n) is 3.16. The summed E-state index contributed by atoms with van der Waals surface area (Å²) in [6.07, 6.45) is 0.789. The van der Waals surface area contributed by atoms with E-state index >= 15 is 0 Å². The Balaban J connectivity index is 2.15. The third kappa shape index (κ3) is 3.72. The third-order valence-corrected chi connectivity index (χ3v) is 3.39. The van der Waals surface area contributed by atoms with Gasteiger partial charge in [-0.25, -0.2) is 0 Å². The van der Waals surface area contributed by atoms with Crippen molar-refractivity contribution in [2.45, 2.75) is 12.5 Å². The lowest BCUT2D eigenvalue weighted by atomic mass is 9.99. The first-order valence-electron chi connectivity index (χ1n) is 6.33. The molecule has 0 saturated carbocycles. The molecule has 0 aromatic heterocycles. The predicted molar refractivity (Wildman–Crippen MR) is 82.9 cm³/mol. The Morgan fingerprint density at radius 3 is 2.53 bits per heavy atom. The maximum Gasteiger partial charge on any atom is 0.0408 e. The number of anilines is 1. The van der Waals surface area contributed by atoms with Crippen molar-refractivity contribution in [3.05, 3.63) is 64.7 Å². The highest BCUT2D eigenvalue weighted by Gasteiger charge is 2.08. The fourth-order valence-electron chi connectivity index (χ4n) is 2.07. The number of nitrogens with two attached hydrogens (primary N) is 1. The minimum absolute atomic E-state index is 0.0154. The molecule has 0 aliphatic rings. The summed E-state index contributed by atoms with van der Waals surface area (Å²) in [5, 5.41) is 0.756. The van der Waals surface area contributed by atoms with Crippen LogP contribution in [0.25, 0.3) is 0 Å². The zero-order chi connectivity index (χ0) is 13.8. The summed E-state index contributed by atoms with van der Waals surface area (Å²) in [5.74, 6) is 0. The molecule has 2 N–H and O–H groups in total. The van der Waals surface area contributed by atoms with Crippen molar-refractivity contribution in [3.8, 4) is 0 Å². The summed E-state index contributed by atoms with van der Waals surface area (Å²) in [4.78, 5) is 2.08. The van der Waals surface area contributed by atoms with Crippen LogP contribution in [0.1, 0.15) is 17.2 Å². The van der Waals surface area contributed by atoms with Gasteiger partial charge in [-0.15, -0.1) is 0 Å². The Labute approximate surface area is 119 Å². The van der Waals surface area contributed by atoms with Crippen LogP contribution in [0.2, 0.25) is 5.02 Å². The highest BCUT2D eigenvalue weighted by molar-refractivity contribution is 6.30. The summed E-state index contributed by atoms with van der Waals surface area (Å²) in [7, 11) is 4.06. The van der Waals surface area contributed by atoms with Crippen LogP contribution in [-0.2, 0) is 6.42 Å². The normalized spacial score (nSPS) is 12.2. The van der Waals surface area contributed by atoms with Gasteiger partial charge in [0, 0.05) is 30.8 Å². The first-order chi connectivity index (χ1) is 9.06. The fraction of sp³-hybridized carbons (Fsp3) is 0.250. The molecule has 2 aromatic carbocycles. The molecule has 19 heavy (non-hydrogen) atoms. The standard InChI is InChI=1S/C16H19ClN2/c1-19(2)15-8-4-6-13(11-15)16(18)10-12-5-3-7-14(17)9-12/h3-9,11,16H,10,18H2,1-2H3. The Morgan fingerprint density at radius 1 is 1.11 bits per heavy atom. The molecule has 0 bridgehead atoms. The topological polar surface area (TPSA) is 29.3 Å². The molecular weight excluding hydrogens is 256 g/mol. The molecular formula is C16H19ClN2. The number of nitrogens with zero attached hydrogens (tertiary/aromatic N) is 1. The highest BCUT2D eigenvalue weighted by Crippen LogP contribution is 2.22. The van der Waals surface area contributed by atoms with Crippen molar-refractivity contribution >= 4 is 17.3 Å². The number of benzene rings is 2. The molecule has 0 radical (unpaired) electrons. The van der Waals surface area contributed by atoms with E-state index in [1.807, 2.05) is 38.4 Å². The van der Waals surface area contributed by atoms with Crippen LogP contribution < -0.4 is 10.6 Å². The summed E-state index contributed by atoms with van der Waals surface area (Å²) in [5.41, 5.74) is 9.76. The van der Waals surface area contributed by atoms with Crippen LogP contribution in [-0.4, -0.2) is 14.1 Å². The molecule has 100 valence electrons. The van der Waals surface area contributed by atoms with Crippen LogP contribution in [0.3, 0.4) is 0 Å². The van der Waals surface area contributed by atoms with Crippen LogP contribution in [0.5, 0.6) is 0 Å². The fourth-order valence-corrected chi connectivity index (χ4v) is 2.28. The molecule has 0 heterocycles. The molecule has 1 unspecified atom stereocenters. The van der Waals surface area contributed by atoms with Crippen molar-refractivity contribution in [2.75, 3.05) is 19.0 Å². The Hall–Kier alpha value is -1.51. The number of hydrogen-bond acceptors (Lipinski definition) is 2.